The van der Waals surface area contributed by atoms with Crippen LogP contribution in [-0.2, 0) is 6.54 Å². The summed E-state index contributed by atoms with van der Waals surface area (Å²) in [5, 5.41) is 4.05. The van der Waals surface area contributed by atoms with Gasteiger partial charge in [-0.15, -0.1) is 0 Å². The molecule has 1 aromatic heterocycles. The van der Waals surface area contributed by atoms with Crippen LogP contribution in [0.1, 0.15) is 25.5 Å². The van der Waals surface area contributed by atoms with Gasteiger partial charge in [0, 0.05) is 24.2 Å². The fraction of sp³-hybridized carbons (Fsp3) is 0.400. The summed E-state index contributed by atoms with van der Waals surface area (Å²) in [6, 6.07) is 8.93. The first-order valence-corrected chi connectivity index (χ1v) is 6.72. The van der Waals surface area contributed by atoms with Gasteiger partial charge in [0.15, 0.2) is 5.76 Å². The van der Waals surface area contributed by atoms with Crippen LogP contribution >= 0.6 is 0 Å². The summed E-state index contributed by atoms with van der Waals surface area (Å²) in [5.41, 5.74) is 1.65. The smallest absolute Gasteiger partial charge is 0.151 e. The van der Waals surface area contributed by atoms with E-state index in [1.54, 1.807) is 12.1 Å². The molecular formula is C15H17FN2O. The first kappa shape index (κ1) is 12.4. The Morgan fingerprint density at radius 3 is 2.79 bits per heavy atom. The van der Waals surface area contributed by atoms with Crippen LogP contribution in [0.15, 0.2) is 34.9 Å². The normalized spacial score (nSPS) is 19.4. The second kappa shape index (κ2) is 5.13. The van der Waals surface area contributed by atoms with Gasteiger partial charge >= 0.3 is 0 Å². The fourth-order valence-electron chi connectivity index (χ4n) is 2.51. The molecule has 1 aromatic carbocycles. The lowest BCUT2D eigenvalue weighted by Crippen LogP contribution is -2.46. The van der Waals surface area contributed by atoms with E-state index in [0.717, 1.165) is 30.1 Å². The number of rotatable bonds is 4. The number of likely N-dealkylation sites (tertiary alicyclic amines) is 1. The zero-order chi connectivity index (χ0) is 13.2. The fourth-order valence-corrected chi connectivity index (χ4v) is 2.51. The topological polar surface area (TPSA) is 29.3 Å². The highest BCUT2D eigenvalue weighted by Gasteiger charge is 2.27. The second-order valence-corrected chi connectivity index (χ2v) is 5.01. The molecule has 1 atom stereocenters. The number of hydrogen-bond donors (Lipinski definition) is 0. The monoisotopic (exact) mass is 260 g/mol. The van der Waals surface area contributed by atoms with Crippen molar-refractivity contribution >= 4 is 0 Å². The maximum absolute atomic E-state index is 12.9. The molecule has 1 unspecified atom stereocenters. The number of hydrogen-bond acceptors (Lipinski definition) is 3. The average Bonchev–Trinajstić information content (AvgIpc) is 2.85. The summed E-state index contributed by atoms with van der Waals surface area (Å²) in [5.74, 6) is 0.635. The van der Waals surface area contributed by atoms with Crippen molar-refractivity contribution in [3.8, 4) is 11.3 Å². The quantitative estimate of drug-likeness (QED) is 0.843. The Bertz CT molecular complexity index is 548. The third-order valence-electron chi connectivity index (χ3n) is 3.80. The molecule has 0 radical (unpaired) electrons. The zero-order valence-corrected chi connectivity index (χ0v) is 11.0. The first-order chi connectivity index (χ1) is 9.26. The van der Waals surface area contributed by atoms with Crippen molar-refractivity contribution in [1.82, 2.24) is 10.1 Å². The number of benzene rings is 1. The van der Waals surface area contributed by atoms with Crippen LogP contribution in [-0.4, -0.2) is 22.6 Å². The maximum Gasteiger partial charge on any atom is 0.151 e. The van der Waals surface area contributed by atoms with Crippen molar-refractivity contribution in [2.24, 2.45) is 0 Å². The van der Waals surface area contributed by atoms with Gasteiger partial charge in [-0.05, 0) is 37.1 Å². The highest BCUT2D eigenvalue weighted by atomic mass is 19.1. The van der Waals surface area contributed by atoms with Gasteiger partial charge in [-0.25, -0.2) is 4.39 Å². The largest absolute Gasteiger partial charge is 0.359 e. The Balaban J connectivity index is 1.71. The van der Waals surface area contributed by atoms with Gasteiger partial charge in [0.1, 0.15) is 11.5 Å². The van der Waals surface area contributed by atoms with E-state index >= 15 is 0 Å². The predicted octanol–water partition coefficient (Wildman–Crippen LogP) is 3.47. The van der Waals surface area contributed by atoms with Gasteiger partial charge in [-0.2, -0.15) is 0 Å². The molecule has 1 saturated heterocycles. The van der Waals surface area contributed by atoms with E-state index in [1.807, 2.05) is 6.07 Å². The SMILES string of the molecule is CCC1CCN1Cc1cc(-c2ccc(F)cc2)no1. The lowest BCUT2D eigenvalue weighted by molar-refractivity contribution is 0.0688. The third-order valence-corrected chi connectivity index (χ3v) is 3.80. The predicted molar refractivity (Wildman–Crippen MR) is 71.0 cm³/mol. The van der Waals surface area contributed by atoms with Gasteiger partial charge in [-0.3, -0.25) is 4.90 Å². The Morgan fingerprint density at radius 2 is 2.16 bits per heavy atom. The maximum atomic E-state index is 12.9. The molecule has 0 spiro atoms. The second-order valence-electron chi connectivity index (χ2n) is 5.01. The lowest BCUT2D eigenvalue weighted by atomic mass is 10.0. The molecule has 0 bridgehead atoms. The molecule has 0 N–H and O–H groups in total. The summed E-state index contributed by atoms with van der Waals surface area (Å²) < 4.78 is 18.2. The number of aromatic nitrogens is 1. The van der Waals surface area contributed by atoms with Crippen molar-refractivity contribution < 1.29 is 8.91 Å². The lowest BCUT2D eigenvalue weighted by Gasteiger charge is -2.39. The van der Waals surface area contributed by atoms with Crippen LogP contribution in [0.25, 0.3) is 11.3 Å². The van der Waals surface area contributed by atoms with Gasteiger partial charge in [0.25, 0.3) is 0 Å². The molecule has 2 aromatic rings. The highest BCUT2D eigenvalue weighted by molar-refractivity contribution is 5.58. The zero-order valence-electron chi connectivity index (χ0n) is 11.0. The number of nitrogens with zero attached hydrogens (tertiary/aromatic N) is 2. The Hall–Kier alpha value is -1.68. The molecule has 3 nitrogen and oxygen atoms in total. The van der Waals surface area contributed by atoms with E-state index in [0.29, 0.717) is 6.04 Å². The molecule has 100 valence electrons. The van der Waals surface area contributed by atoms with Crippen LogP contribution in [0.5, 0.6) is 0 Å². The van der Waals surface area contributed by atoms with Gasteiger partial charge < -0.3 is 4.52 Å². The number of halogens is 1. The van der Waals surface area contributed by atoms with E-state index in [-0.39, 0.29) is 5.82 Å². The van der Waals surface area contributed by atoms with Crippen molar-refractivity contribution in [2.45, 2.75) is 32.4 Å². The molecule has 1 aliphatic heterocycles. The van der Waals surface area contributed by atoms with E-state index in [1.165, 1.54) is 25.0 Å². The molecular weight excluding hydrogens is 243 g/mol. The molecule has 19 heavy (non-hydrogen) atoms. The summed E-state index contributed by atoms with van der Waals surface area (Å²) in [7, 11) is 0. The molecule has 1 aliphatic rings. The molecule has 2 heterocycles. The first-order valence-electron chi connectivity index (χ1n) is 6.72. The average molecular weight is 260 g/mol. The Kier molecular flexibility index (Phi) is 3.34. The van der Waals surface area contributed by atoms with Gasteiger partial charge in [-0.1, -0.05) is 12.1 Å². The Labute approximate surface area is 112 Å². The minimum atomic E-state index is -0.237. The van der Waals surface area contributed by atoms with Crippen LogP contribution in [0.4, 0.5) is 4.39 Å². The molecule has 1 fully saturated rings. The van der Waals surface area contributed by atoms with Crippen LogP contribution in [0.2, 0.25) is 0 Å². The van der Waals surface area contributed by atoms with E-state index in [9.17, 15) is 4.39 Å². The minimum Gasteiger partial charge on any atom is -0.359 e. The summed E-state index contributed by atoms with van der Waals surface area (Å²) in [4.78, 5) is 2.40. The molecule has 0 saturated carbocycles. The summed E-state index contributed by atoms with van der Waals surface area (Å²) in [6.07, 6.45) is 2.45. The van der Waals surface area contributed by atoms with Gasteiger partial charge in [0.2, 0.25) is 0 Å². The van der Waals surface area contributed by atoms with E-state index in [4.69, 9.17) is 4.52 Å². The minimum absolute atomic E-state index is 0.237. The molecule has 0 amide bonds. The molecule has 4 heteroatoms. The van der Waals surface area contributed by atoms with E-state index in [2.05, 4.69) is 17.0 Å². The molecule has 0 aliphatic carbocycles. The highest BCUT2D eigenvalue weighted by Crippen LogP contribution is 2.25. The van der Waals surface area contributed by atoms with Crippen LogP contribution in [0.3, 0.4) is 0 Å². The van der Waals surface area contributed by atoms with Crippen LogP contribution < -0.4 is 0 Å². The van der Waals surface area contributed by atoms with Crippen LogP contribution in [0, 0.1) is 5.82 Å². The summed E-state index contributed by atoms with van der Waals surface area (Å²) in [6.45, 7) is 4.15. The van der Waals surface area contributed by atoms with Crippen molar-refractivity contribution in [2.75, 3.05) is 6.54 Å². The van der Waals surface area contributed by atoms with Gasteiger partial charge in [0.05, 0.1) is 6.54 Å². The van der Waals surface area contributed by atoms with Crippen molar-refractivity contribution in [3.05, 3.63) is 41.9 Å². The van der Waals surface area contributed by atoms with E-state index < -0.39 is 0 Å². The van der Waals surface area contributed by atoms with Crippen molar-refractivity contribution in [1.29, 1.82) is 0 Å². The standard InChI is InChI=1S/C15H17FN2O/c1-2-13-7-8-18(13)10-14-9-15(17-19-14)11-3-5-12(16)6-4-11/h3-6,9,13H,2,7-8,10H2,1H3. The third kappa shape index (κ3) is 2.54. The molecule has 3 rings (SSSR count). The Morgan fingerprint density at radius 1 is 1.37 bits per heavy atom. The van der Waals surface area contributed by atoms with Crippen molar-refractivity contribution in [3.63, 3.8) is 0 Å². The summed E-state index contributed by atoms with van der Waals surface area (Å²) >= 11 is 0.